The van der Waals surface area contributed by atoms with Gasteiger partial charge >= 0.3 is 0 Å². The minimum Gasteiger partial charge on any atom is -0.339 e. The van der Waals surface area contributed by atoms with Crippen LogP contribution < -0.4 is 5.73 Å². The Bertz CT molecular complexity index is 256. The minimum atomic E-state index is -0.00327. The second kappa shape index (κ2) is 6.60. The zero-order valence-electron chi connectivity index (χ0n) is 10.7. The monoisotopic (exact) mass is 260 g/mol. The molecule has 0 radical (unpaired) electrons. The number of hydrogen-bond acceptors (Lipinski definition) is 2. The molecule has 2 N–H and O–H groups in total. The molecule has 1 saturated carbocycles. The maximum absolute atomic E-state index is 12.1. The third-order valence-electron chi connectivity index (χ3n) is 4.06. The SMILES string of the molecule is CC(N)CC(=O)N1CCC[C@H]2CCCC[C@H]21.Cl. The molecule has 1 aliphatic carbocycles. The van der Waals surface area contributed by atoms with Crippen molar-refractivity contribution in [3.8, 4) is 0 Å². The number of nitrogens with two attached hydrogens (primary N) is 1. The first-order valence-electron chi connectivity index (χ1n) is 6.73. The van der Waals surface area contributed by atoms with Crippen LogP contribution >= 0.6 is 12.4 Å². The summed E-state index contributed by atoms with van der Waals surface area (Å²) in [6.07, 6.45) is 8.23. The van der Waals surface area contributed by atoms with Crippen LogP contribution in [0.3, 0.4) is 0 Å². The summed E-state index contributed by atoms with van der Waals surface area (Å²) < 4.78 is 0. The Labute approximate surface area is 111 Å². The van der Waals surface area contributed by atoms with Gasteiger partial charge in [0.1, 0.15) is 0 Å². The number of amides is 1. The van der Waals surface area contributed by atoms with Gasteiger partial charge in [-0.05, 0) is 38.5 Å². The quantitative estimate of drug-likeness (QED) is 0.828. The predicted molar refractivity (Wildman–Crippen MR) is 72.2 cm³/mol. The molecule has 0 aromatic carbocycles. The van der Waals surface area contributed by atoms with Gasteiger partial charge in [-0.3, -0.25) is 4.79 Å². The van der Waals surface area contributed by atoms with Crippen molar-refractivity contribution in [2.24, 2.45) is 11.7 Å². The molecule has 1 unspecified atom stereocenters. The maximum Gasteiger partial charge on any atom is 0.224 e. The number of fused-ring (bicyclic) bond motifs is 1. The summed E-state index contributed by atoms with van der Waals surface area (Å²) >= 11 is 0. The average Bonchev–Trinajstić information content (AvgIpc) is 2.27. The topological polar surface area (TPSA) is 46.3 Å². The highest BCUT2D eigenvalue weighted by atomic mass is 35.5. The molecule has 3 nitrogen and oxygen atoms in total. The summed E-state index contributed by atoms with van der Waals surface area (Å²) in [5, 5.41) is 0. The van der Waals surface area contributed by atoms with E-state index in [9.17, 15) is 4.79 Å². The zero-order chi connectivity index (χ0) is 11.5. The van der Waals surface area contributed by atoms with Crippen LogP contribution in [0.4, 0.5) is 0 Å². The Morgan fingerprint density at radius 1 is 1.29 bits per heavy atom. The fourth-order valence-electron chi connectivity index (χ4n) is 3.33. The lowest BCUT2D eigenvalue weighted by atomic mass is 9.78. The molecular weight excluding hydrogens is 236 g/mol. The van der Waals surface area contributed by atoms with Crippen molar-refractivity contribution in [3.63, 3.8) is 0 Å². The molecule has 17 heavy (non-hydrogen) atoms. The molecule has 3 atom stereocenters. The molecule has 2 fully saturated rings. The minimum absolute atomic E-state index is 0. The molecule has 2 rings (SSSR count). The van der Waals surface area contributed by atoms with Crippen LogP contribution in [0.15, 0.2) is 0 Å². The number of hydrogen-bond donors (Lipinski definition) is 1. The number of carbonyl (C=O) groups excluding carboxylic acids is 1. The summed E-state index contributed by atoms with van der Waals surface area (Å²) in [7, 11) is 0. The molecule has 0 bridgehead atoms. The first kappa shape index (κ1) is 14.8. The average molecular weight is 261 g/mol. The summed E-state index contributed by atoms with van der Waals surface area (Å²) in [6, 6.07) is 0.533. The van der Waals surface area contributed by atoms with Crippen molar-refractivity contribution in [1.82, 2.24) is 4.90 Å². The van der Waals surface area contributed by atoms with Gasteiger partial charge in [-0.1, -0.05) is 12.8 Å². The number of likely N-dealkylation sites (tertiary alicyclic amines) is 1. The van der Waals surface area contributed by atoms with Crippen LogP contribution in [0.2, 0.25) is 0 Å². The van der Waals surface area contributed by atoms with E-state index in [0.717, 1.165) is 12.5 Å². The van der Waals surface area contributed by atoms with Gasteiger partial charge in [0.05, 0.1) is 0 Å². The number of halogens is 1. The molecule has 1 saturated heterocycles. The van der Waals surface area contributed by atoms with Gasteiger partial charge < -0.3 is 10.6 Å². The van der Waals surface area contributed by atoms with Gasteiger partial charge in [0.15, 0.2) is 0 Å². The van der Waals surface area contributed by atoms with Gasteiger partial charge in [-0.25, -0.2) is 0 Å². The predicted octanol–water partition coefficient (Wildman–Crippen LogP) is 2.33. The molecule has 100 valence electrons. The van der Waals surface area contributed by atoms with Crippen LogP contribution in [0, 0.1) is 5.92 Å². The standard InChI is InChI=1S/C13H24N2O.ClH/c1-10(14)9-13(16)15-8-4-6-11-5-2-3-7-12(11)15;/h10-12H,2-9,14H2,1H3;1H/t10?,11-,12-;/m1./s1. The van der Waals surface area contributed by atoms with Crippen LogP contribution in [-0.2, 0) is 4.79 Å². The molecule has 1 amide bonds. The van der Waals surface area contributed by atoms with E-state index in [-0.39, 0.29) is 24.4 Å². The van der Waals surface area contributed by atoms with Crippen molar-refractivity contribution < 1.29 is 4.79 Å². The first-order valence-corrected chi connectivity index (χ1v) is 6.73. The van der Waals surface area contributed by atoms with Gasteiger partial charge in [0.25, 0.3) is 0 Å². The highest BCUT2D eigenvalue weighted by Crippen LogP contribution is 2.35. The van der Waals surface area contributed by atoms with E-state index in [4.69, 9.17) is 5.73 Å². The molecular formula is C13H25ClN2O. The lowest BCUT2D eigenvalue weighted by molar-refractivity contribution is -0.137. The van der Waals surface area contributed by atoms with Crippen LogP contribution in [-0.4, -0.2) is 29.4 Å². The third kappa shape index (κ3) is 3.59. The molecule has 2 aliphatic rings. The van der Waals surface area contributed by atoms with Gasteiger partial charge in [-0.15, -0.1) is 12.4 Å². The summed E-state index contributed by atoms with van der Waals surface area (Å²) in [6.45, 7) is 2.88. The van der Waals surface area contributed by atoms with Crippen LogP contribution in [0.5, 0.6) is 0 Å². The number of carbonyl (C=O) groups is 1. The normalized spacial score (nSPS) is 30.1. The van der Waals surface area contributed by atoms with Gasteiger partial charge in [0, 0.05) is 25.0 Å². The Morgan fingerprint density at radius 2 is 1.94 bits per heavy atom. The fourth-order valence-corrected chi connectivity index (χ4v) is 3.33. The van der Waals surface area contributed by atoms with Gasteiger partial charge in [-0.2, -0.15) is 0 Å². The summed E-state index contributed by atoms with van der Waals surface area (Å²) in [4.78, 5) is 14.2. The zero-order valence-corrected chi connectivity index (χ0v) is 11.5. The Hall–Kier alpha value is -0.280. The number of nitrogens with zero attached hydrogens (tertiary/aromatic N) is 1. The van der Waals surface area contributed by atoms with Gasteiger partial charge in [0.2, 0.25) is 5.91 Å². The van der Waals surface area contributed by atoms with Crippen molar-refractivity contribution in [2.45, 2.75) is 64.0 Å². The second-order valence-corrected chi connectivity index (χ2v) is 5.52. The highest BCUT2D eigenvalue weighted by molar-refractivity contribution is 5.85. The summed E-state index contributed by atoms with van der Waals surface area (Å²) in [5.74, 6) is 1.06. The highest BCUT2D eigenvalue weighted by Gasteiger charge is 2.35. The van der Waals surface area contributed by atoms with Crippen molar-refractivity contribution in [2.75, 3.05) is 6.54 Å². The molecule has 0 spiro atoms. The first-order chi connectivity index (χ1) is 7.68. The van der Waals surface area contributed by atoms with Crippen molar-refractivity contribution in [3.05, 3.63) is 0 Å². The maximum atomic E-state index is 12.1. The molecule has 0 aromatic heterocycles. The van der Waals surface area contributed by atoms with Crippen LogP contribution in [0.1, 0.15) is 51.9 Å². The number of piperidine rings is 1. The lowest BCUT2D eigenvalue weighted by Gasteiger charge is -2.44. The van der Waals surface area contributed by atoms with E-state index in [1.54, 1.807) is 0 Å². The van der Waals surface area contributed by atoms with E-state index in [2.05, 4.69) is 4.90 Å². The smallest absolute Gasteiger partial charge is 0.224 e. The second-order valence-electron chi connectivity index (χ2n) is 5.52. The summed E-state index contributed by atoms with van der Waals surface area (Å²) in [5.41, 5.74) is 5.72. The largest absolute Gasteiger partial charge is 0.339 e. The Kier molecular flexibility index (Phi) is 5.74. The molecule has 0 aromatic rings. The lowest BCUT2D eigenvalue weighted by Crippen LogP contribution is -2.50. The molecule has 4 heteroatoms. The molecule has 1 aliphatic heterocycles. The molecule has 1 heterocycles. The van der Waals surface area contributed by atoms with Crippen LogP contribution in [0.25, 0.3) is 0 Å². The van der Waals surface area contributed by atoms with Crippen molar-refractivity contribution in [1.29, 1.82) is 0 Å². The number of rotatable bonds is 2. The Morgan fingerprint density at radius 3 is 2.65 bits per heavy atom. The Balaban J connectivity index is 0.00000144. The van der Waals surface area contributed by atoms with E-state index >= 15 is 0 Å². The third-order valence-corrected chi connectivity index (χ3v) is 4.06. The fraction of sp³-hybridized carbons (Fsp3) is 0.923. The van der Waals surface area contributed by atoms with E-state index in [1.165, 1.54) is 38.5 Å². The van der Waals surface area contributed by atoms with Crippen molar-refractivity contribution >= 4 is 18.3 Å². The van der Waals surface area contributed by atoms with E-state index in [1.807, 2.05) is 6.92 Å². The van der Waals surface area contributed by atoms with E-state index < -0.39 is 0 Å². The van der Waals surface area contributed by atoms with E-state index in [0.29, 0.717) is 12.5 Å².